The molecule has 26 heavy (non-hydrogen) atoms. The molecule has 0 spiro atoms. The maximum absolute atomic E-state index is 11.9. The highest BCUT2D eigenvalue weighted by Crippen LogP contribution is 2.13. The molecule has 0 fully saturated rings. The van der Waals surface area contributed by atoms with Crippen molar-refractivity contribution in [3.63, 3.8) is 0 Å². The molecular weight excluding hydrogens is 354 g/mol. The Morgan fingerprint density at radius 3 is 2.27 bits per heavy atom. The highest BCUT2D eigenvalue weighted by Gasteiger charge is 2.04. The van der Waals surface area contributed by atoms with Gasteiger partial charge in [-0.05, 0) is 43.2 Å². The number of halogens is 1. The molecule has 4 N–H and O–H groups in total. The van der Waals surface area contributed by atoms with Gasteiger partial charge in [-0.25, -0.2) is 0 Å². The molecule has 0 aromatic heterocycles. The SMILES string of the molecule is Cc1ccc(NC(=O)COc2ccc(CCNC(=O)CN)cc2)cc1.Cl. The first-order valence-corrected chi connectivity index (χ1v) is 8.12. The van der Waals surface area contributed by atoms with Crippen LogP contribution in [0.4, 0.5) is 5.69 Å². The van der Waals surface area contributed by atoms with Crippen molar-refractivity contribution < 1.29 is 14.3 Å². The lowest BCUT2D eigenvalue weighted by Gasteiger charge is -2.09. The second-order valence-corrected chi connectivity index (χ2v) is 5.65. The van der Waals surface area contributed by atoms with Crippen LogP contribution in [-0.4, -0.2) is 31.5 Å². The summed E-state index contributed by atoms with van der Waals surface area (Å²) in [6.45, 7) is 2.47. The Morgan fingerprint density at radius 1 is 1.00 bits per heavy atom. The van der Waals surface area contributed by atoms with Crippen LogP contribution in [0.2, 0.25) is 0 Å². The monoisotopic (exact) mass is 377 g/mol. The van der Waals surface area contributed by atoms with E-state index in [2.05, 4.69) is 10.6 Å². The molecule has 0 saturated heterocycles. The highest BCUT2D eigenvalue weighted by atomic mass is 35.5. The minimum atomic E-state index is -0.211. The predicted octanol–water partition coefficient (Wildman–Crippen LogP) is 2.05. The standard InChI is InChI=1S/C19H23N3O3.ClH/c1-14-2-6-16(7-3-14)22-19(24)13-25-17-8-4-15(5-9-17)10-11-21-18(23)12-20;/h2-9H,10-13,20H2,1H3,(H,21,23)(H,22,24);1H. The first-order valence-electron chi connectivity index (χ1n) is 8.12. The zero-order valence-electron chi connectivity index (χ0n) is 14.7. The summed E-state index contributed by atoms with van der Waals surface area (Å²) >= 11 is 0. The number of rotatable bonds is 8. The Morgan fingerprint density at radius 2 is 1.65 bits per heavy atom. The fourth-order valence-corrected chi connectivity index (χ4v) is 2.15. The van der Waals surface area contributed by atoms with Crippen LogP contribution >= 0.6 is 12.4 Å². The van der Waals surface area contributed by atoms with Gasteiger partial charge in [0, 0.05) is 12.2 Å². The molecule has 6 nitrogen and oxygen atoms in total. The quantitative estimate of drug-likeness (QED) is 0.656. The van der Waals surface area contributed by atoms with Gasteiger partial charge in [-0.1, -0.05) is 29.8 Å². The molecule has 2 aromatic rings. The van der Waals surface area contributed by atoms with Crippen LogP contribution in [0.1, 0.15) is 11.1 Å². The Hall–Kier alpha value is -2.57. The zero-order valence-corrected chi connectivity index (χ0v) is 15.5. The lowest BCUT2D eigenvalue weighted by molar-refractivity contribution is -0.120. The zero-order chi connectivity index (χ0) is 18.1. The molecule has 0 heterocycles. The third-order valence-electron chi connectivity index (χ3n) is 3.55. The number of ether oxygens (including phenoxy) is 1. The molecule has 0 aliphatic carbocycles. The van der Waals surface area contributed by atoms with E-state index >= 15 is 0 Å². The van der Waals surface area contributed by atoms with Gasteiger partial charge in [0.2, 0.25) is 5.91 Å². The summed E-state index contributed by atoms with van der Waals surface area (Å²) in [6, 6.07) is 15.0. The van der Waals surface area contributed by atoms with Gasteiger partial charge in [0.25, 0.3) is 5.91 Å². The van der Waals surface area contributed by atoms with E-state index in [9.17, 15) is 9.59 Å². The van der Waals surface area contributed by atoms with Crippen molar-refractivity contribution in [1.29, 1.82) is 0 Å². The lowest BCUT2D eigenvalue weighted by Crippen LogP contribution is -2.31. The number of benzene rings is 2. The van der Waals surface area contributed by atoms with E-state index < -0.39 is 0 Å². The van der Waals surface area contributed by atoms with Crippen molar-refractivity contribution in [1.82, 2.24) is 5.32 Å². The summed E-state index contributed by atoms with van der Waals surface area (Å²) in [6.07, 6.45) is 0.708. The first-order chi connectivity index (χ1) is 12.1. The van der Waals surface area contributed by atoms with Crippen molar-refractivity contribution in [2.45, 2.75) is 13.3 Å². The normalized spacial score (nSPS) is 9.77. The first kappa shape index (κ1) is 21.5. The maximum atomic E-state index is 11.9. The molecule has 0 unspecified atom stereocenters. The summed E-state index contributed by atoms with van der Waals surface area (Å²) in [7, 11) is 0. The Balaban J connectivity index is 0.00000338. The second kappa shape index (κ2) is 11.1. The third-order valence-corrected chi connectivity index (χ3v) is 3.55. The van der Waals surface area contributed by atoms with Gasteiger partial charge in [-0.15, -0.1) is 12.4 Å². The minimum Gasteiger partial charge on any atom is -0.484 e. The largest absolute Gasteiger partial charge is 0.484 e. The average Bonchev–Trinajstić information content (AvgIpc) is 2.63. The number of carbonyl (C=O) groups excluding carboxylic acids is 2. The number of amides is 2. The summed E-state index contributed by atoms with van der Waals surface area (Å²) < 4.78 is 5.48. The van der Waals surface area contributed by atoms with Gasteiger partial charge < -0.3 is 21.1 Å². The predicted molar refractivity (Wildman–Crippen MR) is 105 cm³/mol. The summed E-state index contributed by atoms with van der Waals surface area (Å²) in [5, 5.41) is 5.49. The number of nitrogens with one attached hydrogen (secondary N) is 2. The molecular formula is C19H24ClN3O3. The van der Waals surface area contributed by atoms with Crippen molar-refractivity contribution in [2.24, 2.45) is 5.73 Å². The van der Waals surface area contributed by atoms with Crippen LogP contribution in [0.5, 0.6) is 5.75 Å². The van der Waals surface area contributed by atoms with Gasteiger partial charge in [0.1, 0.15) is 5.75 Å². The Kier molecular flexibility index (Phi) is 9.19. The van der Waals surface area contributed by atoms with E-state index in [-0.39, 0.29) is 37.4 Å². The van der Waals surface area contributed by atoms with E-state index in [1.807, 2.05) is 43.3 Å². The molecule has 0 bridgehead atoms. The number of hydrogen-bond acceptors (Lipinski definition) is 4. The van der Waals surface area contributed by atoms with Gasteiger partial charge >= 0.3 is 0 Å². The van der Waals surface area contributed by atoms with Crippen molar-refractivity contribution >= 4 is 29.9 Å². The van der Waals surface area contributed by atoms with E-state index in [1.54, 1.807) is 12.1 Å². The number of nitrogens with two attached hydrogens (primary N) is 1. The molecule has 0 saturated carbocycles. The summed E-state index contributed by atoms with van der Waals surface area (Å²) in [4.78, 5) is 22.9. The summed E-state index contributed by atoms with van der Waals surface area (Å²) in [5.74, 6) is 0.241. The van der Waals surface area contributed by atoms with Crippen molar-refractivity contribution in [3.8, 4) is 5.75 Å². The number of hydrogen-bond donors (Lipinski definition) is 3. The van der Waals surface area contributed by atoms with Gasteiger partial charge in [-0.3, -0.25) is 9.59 Å². The molecule has 2 amide bonds. The number of aryl methyl sites for hydroxylation is 1. The number of anilines is 1. The van der Waals surface area contributed by atoms with Crippen LogP contribution in [0, 0.1) is 6.92 Å². The van der Waals surface area contributed by atoms with Gasteiger partial charge in [0.15, 0.2) is 6.61 Å². The highest BCUT2D eigenvalue weighted by molar-refractivity contribution is 5.91. The molecule has 0 aliphatic rings. The van der Waals surface area contributed by atoms with Crippen LogP contribution in [0.25, 0.3) is 0 Å². The fourth-order valence-electron chi connectivity index (χ4n) is 2.15. The Bertz CT molecular complexity index is 703. The number of carbonyl (C=O) groups is 2. The third kappa shape index (κ3) is 7.55. The Labute approximate surface area is 159 Å². The van der Waals surface area contributed by atoms with E-state index in [0.717, 1.165) is 16.8 Å². The van der Waals surface area contributed by atoms with Crippen LogP contribution in [0.3, 0.4) is 0 Å². The molecule has 140 valence electrons. The molecule has 7 heteroatoms. The average molecular weight is 378 g/mol. The molecule has 0 radical (unpaired) electrons. The molecule has 0 aliphatic heterocycles. The summed E-state index contributed by atoms with van der Waals surface area (Å²) in [5.41, 5.74) is 8.17. The van der Waals surface area contributed by atoms with Crippen molar-refractivity contribution in [2.75, 3.05) is 25.0 Å². The van der Waals surface area contributed by atoms with Gasteiger partial charge in [0.05, 0.1) is 6.54 Å². The molecule has 0 atom stereocenters. The smallest absolute Gasteiger partial charge is 0.262 e. The fraction of sp³-hybridized carbons (Fsp3) is 0.263. The van der Waals surface area contributed by atoms with Crippen LogP contribution in [0.15, 0.2) is 48.5 Å². The van der Waals surface area contributed by atoms with Crippen LogP contribution in [-0.2, 0) is 16.0 Å². The van der Waals surface area contributed by atoms with Crippen molar-refractivity contribution in [3.05, 3.63) is 59.7 Å². The molecule has 2 rings (SSSR count). The molecule has 2 aromatic carbocycles. The van der Waals surface area contributed by atoms with E-state index in [1.165, 1.54) is 0 Å². The topological polar surface area (TPSA) is 93.5 Å². The van der Waals surface area contributed by atoms with Gasteiger partial charge in [-0.2, -0.15) is 0 Å². The lowest BCUT2D eigenvalue weighted by atomic mass is 10.1. The van der Waals surface area contributed by atoms with E-state index in [0.29, 0.717) is 18.7 Å². The second-order valence-electron chi connectivity index (χ2n) is 5.65. The van der Waals surface area contributed by atoms with Crippen LogP contribution < -0.4 is 21.1 Å². The maximum Gasteiger partial charge on any atom is 0.262 e. The minimum absolute atomic E-state index is 0. The van der Waals surface area contributed by atoms with E-state index in [4.69, 9.17) is 10.5 Å².